The number of thiazole rings is 1. The first kappa shape index (κ1) is 13.1. The van der Waals surface area contributed by atoms with E-state index in [0.717, 1.165) is 28.2 Å². The zero-order chi connectivity index (χ0) is 14.3. The van der Waals surface area contributed by atoms with E-state index < -0.39 is 0 Å². The van der Waals surface area contributed by atoms with Gasteiger partial charge in [-0.3, -0.25) is 4.79 Å². The Labute approximate surface area is 122 Å². The van der Waals surface area contributed by atoms with Crippen LogP contribution < -0.4 is 10.6 Å². The van der Waals surface area contributed by atoms with Crippen LogP contribution in [0.4, 0.5) is 10.8 Å². The zero-order valence-corrected chi connectivity index (χ0v) is 12.5. The summed E-state index contributed by atoms with van der Waals surface area (Å²) in [4.78, 5) is 19.3. The molecule has 0 atom stereocenters. The summed E-state index contributed by atoms with van der Waals surface area (Å²) in [6.45, 7) is 4.75. The van der Waals surface area contributed by atoms with E-state index in [1.54, 1.807) is 0 Å². The number of amides is 1. The number of hydrogen-bond donors (Lipinski definition) is 1. The van der Waals surface area contributed by atoms with Crippen LogP contribution in [0.1, 0.15) is 23.8 Å². The summed E-state index contributed by atoms with van der Waals surface area (Å²) >= 11 is 1.51. The number of nitrogens with zero attached hydrogens (tertiary/aromatic N) is 2. The van der Waals surface area contributed by atoms with E-state index in [9.17, 15) is 4.79 Å². The van der Waals surface area contributed by atoms with Gasteiger partial charge in [-0.25, -0.2) is 4.98 Å². The van der Waals surface area contributed by atoms with Crippen LogP contribution >= 0.6 is 11.3 Å². The average molecular weight is 287 g/mol. The molecule has 0 spiro atoms. The normalized spacial score (nSPS) is 14.5. The minimum Gasteiger partial charge on any atom is -0.375 e. The van der Waals surface area contributed by atoms with Gasteiger partial charge in [0.15, 0.2) is 5.13 Å². The molecule has 0 radical (unpaired) electrons. The summed E-state index contributed by atoms with van der Waals surface area (Å²) in [5.41, 5.74) is 10.1. The molecule has 4 nitrogen and oxygen atoms in total. The van der Waals surface area contributed by atoms with Gasteiger partial charge in [-0.05, 0) is 38.0 Å². The van der Waals surface area contributed by atoms with E-state index in [-0.39, 0.29) is 5.91 Å². The fraction of sp³-hybridized carbons (Fsp3) is 0.333. The lowest BCUT2D eigenvalue weighted by molar-refractivity contribution is -0.118. The standard InChI is InChI=1S/C15H17N3OS/c1-3-18-12-6-4-11(8-10(12)5-7-13(18)19)14-9(2)20-15(16)17-14/h4,6,8H,3,5,7H2,1-2H3,(H2,16,17). The Bertz CT molecular complexity index is 678. The first-order valence-electron chi connectivity index (χ1n) is 6.76. The molecule has 0 saturated heterocycles. The van der Waals surface area contributed by atoms with E-state index in [1.165, 1.54) is 16.9 Å². The predicted molar refractivity (Wildman–Crippen MR) is 83.0 cm³/mol. The maximum atomic E-state index is 11.9. The van der Waals surface area contributed by atoms with Crippen molar-refractivity contribution in [1.82, 2.24) is 4.98 Å². The molecule has 2 aromatic rings. The smallest absolute Gasteiger partial charge is 0.227 e. The number of anilines is 2. The quantitative estimate of drug-likeness (QED) is 0.923. The van der Waals surface area contributed by atoms with Crippen molar-refractivity contribution in [2.24, 2.45) is 0 Å². The monoisotopic (exact) mass is 287 g/mol. The fourth-order valence-electron chi connectivity index (χ4n) is 2.74. The van der Waals surface area contributed by atoms with E-state index in [4.69, 9.17) is 5.73 Å². The maximum Gasteiger partial charge on any atom is 0.227 e. The second-order valence-corrected chi connectivity index (χ2v) is 6.17. The highest BCUT2D eigenvalue weighted by Crippen LogP contribution is 2.34. The minimum atomic E-state index is 0.210. The molecule has 1 aliphatic rings. The zero-order valence-electron chi connectivity index (χ0n) is 11.6. The number of fused-ring (bicyclic) bond motifs is 1. The Morgan fingerprint density at radius 1 is 1.40 bits per heavy atom. The number of carbonyl (C=O) groups is 1. The van der Waals surface area contributed by atoms with Gasteiger partial charge in [0.2, 0.25) is 5.91 Å². The molecule has 3 rings (SSSR count). The molecule has 0 bridgehead atoms. The third-order valence-corrected chi connectivity index (χ3v) is 4.48. The van der Waals surface area contributed by atoms with Crippen molar-refractivity contribution >= 4 is 28.1 Å². The van der Waals surface area contributed by atoms with Crippen molar-refractivity contribution in [2.75, 3.05) is 17.2 Å². The van der Waals surface area contributed by atoms with Crippen molar-refractivity contribution in [3.63, 3.8) is 0 Å². The fourth-order valence-corrected chi connectivity index (χ4v) is 3.45. The first-order valence-corrected chi connectivity index (χ1v) is 7.58. The summed E-state index contributed by atoms with van der Waals surface area (Å²) in [7, 11) is 0. The molecule has 0 fully saturated rings. The summed E-state index contributed by atoms with van der Waals surface area (Å²) in [6, 6.07) is 6.20. The van der Waals surface area contributed by atoms with Crippen molar-refractivity contribution in [3.8, 4) is 11.3 Å². The molecular weight excluding hydrogens is 270 g/mol. The Balaban J connectivity index is 2.06. The predicted octanol–water partition coefficient (Wildman–Crippen LogP) is 3.00. The topological polar surface area (TPSA) is 59.2 Å². The lowest BCUT2D eigenvalue weighted by Crippen LogP contribution is -2.34. The highest BCUT2D eigenvalue weighted by Gasteiger charge is 2.23. The molecule has 0 unspecified atom stereocenters. The summed E-state index contributed by atoms with van der Waals surface area (Å²) in [6.07, 6.45) is 1.39. The number of nitrogen functional groups attached to an aromatic ring is 1. The molecule has 1 amide bonds. The molecule has 1 aromatic heterocycles. The van der Waals surface area contributed by atoms with Gasteiger partial charge in [0, 0.05) is 29.1 Å². The van der Waals surface area contributed by atoms with Crippen molar-refractivity contribution in [2.45, 2.75) is 26.7 Å². The largest absolute Gasteiger partial charge is 0.375 e. The van der Waals surface area contributed by atoms with E-state index in [1.807, 2.05) is 30.9 Å². The van der Waals surface area contributed by atoms with Gasteiger partial charge in [-0.2, -0.15) is 0 Å². The van der Waals surface area contributed by atoms with Gasteiger partial charge >= 0.3 is 0 Å². The van der Waals surface area contributed by atoms with Gasteiger partial charge < -0.3 is 10.6 Å². The molecule has 0 saturated carbocycles. The second kappa shape index (κ2) is 4.90. The highest BCUT2D eigenvalue weighted by atomic mass is 32.1. The first-order chi connectivity index (χ1) is 9.60. The van der Waals surface area contributed by atoms with Crippen LogP contribution in [-0.4, -0.2) is 17.4 Å². The molecule has 0 aliphatic carbocycles. The molecular formula is C15H17N3OS. The van der Waals surface area contributed by atoms with Crippen molar-refractivity contribution in [1.29, 1.82) is 0 Å². The van der Waals surface area contributed by atoms with Gasteiger partial charge in [-0.1, -0.05) is 6.07 Å². The molecule has 104 valence electrons. The van der Waals surface area contributed by atoms with Gasteiger partial charge in [0.25, 0.3) is 0 Å². The summed E-state index contributed by atoms with van der Waals surface area (Å²) in [5, 5.41) is 0.598. The number of aromatic nitrogens is 1. The SMILES string of the molecule is CCN1C(=O)CCc2cc(-c3nc(N)sc3C)ccc21. The van der Waals surface area contributed by atoms with Gasteiger partial charge in [0.05, 0.1) is 5.69 Å². The van der Waals surface area contributed by atoms with Crippen LogP contribution in [0.25, 0.3) is 11.3 Å². The second-order valence-electron chi connectivity index (χ2n) is 4.94. The number of hydrogen-bond acceptors (Lipinski definition) is 4. The number of benzene rings is 1. The number of rotatable bonds is 2. The van der Waals surface area contributed by atoms with Crippen molar-refractivity contribution < 1.29 is 4.79 Å². The molecule has 5 heteroatoms. The lowest BCUT2D eigenvalue weighted by atomic mass is 9.97. The van der Waals surface area contributed by atoms with Crippen LogP contribution in [0, 0.1) is 6.92 Å². The molecule has 2 N–H and O–H groups in total. The number of carbonyl (C=O) groups excluding carboxylic acids is 1. The van der Waals surface area contributed by atoms with Crippen LogP contribution in [0.2, 0.25) is 0 Å². The van der Waals surface area contributed by atoms with E-state index in [0.29, 0.717) is 18.1 Å². The van der Waals surface area contributed by atoms with Gasteiger partial charge in [0.1, 0.15) is 0 Å². The average Bonchev–Trinajstić information content (AvgIpc) is 2.77. The Hall–Kier alpha value is -1.88. The number of nitrogens with two attached hydrogens (primary N) is 1. The Morgan fingerprint density at radius 2 is 2.20 bits per heavy atom. The Morgan fingerprint density at radius 3 is 2.85 bits per heavy atom. The third kappa shape index (κ3) is 2.08. The third-order valence-electron chi connectivity index (χ3n) is 3.68. The molecule has 2 heterocycles. The van der Waals surface area contributed by atoms with E-state index in [2.05, 4.69) is 11.1 Å². The van der Waals surface area contributed by atoms with Crippen LogP contribution in [-0.2, 0) is 11.2 Å². The summed E-state index contributed by atoms with van der Waals surface area (Å²) in [5.74, 6) is 0.210. The maximum absolute atomic E-state index is 11.9. The number of aryl methyl sites for hydroxylation is 2. The van der Waals surface area contributed by atoms with Crippen LogP contribution in [0.3, 0.4) is 0 Å². The van der Waals surface area contributed by atoms with E-state index >= 15 is 0 Å². The van der Waals surface area contributed by atoms with Crippen LogP contribution in [0.5, 0.6) is 0 Å². The highest BCUT2D eigenvalue weighted by molar-refractivity contribution is 7.15. The molecule has 1 aromatic carbocycles. The Kier molecular flexibility index (Phi) is 3.22. The minimum absolute atomic E-state index is 0.210. The molecule has 20 heavy (non-hydrogen) atoms. The summed E-state index contributed by atoms with van der Waals surface area (Å²) < 4.78 is 0. The molecule has 1 aliphatic heterocycles. The van der Waals surface area contributed by atoms with Gasteiger partial charge in [-0.15, -0.1) is 11.3 Å². The van der Waals surface area contributed by atoms with Crippen LogP contribution in [0.15, 0.2) is 18.2 Å². The lowest BCUT2D eigenvalue weighted by Gasteiger charge is -2.28. The van der Waals surface area contributed by atoms with Crippen molar-refractivity contribution in [3.05, 3.63) is 28.6 Å².